The molecule has 3 rings (SSSR count). The minimum absolute atomic E-state index is 0.275. The molecule has 0 radical (unpaired) electrons. The van der Waals surface area contributed by atoms with E-state index in [9.17, 15) is 4.39 Å². The number of rotatable bonds is 3. The molecule has 6 heteroatoms. The van der Waals surface area contributed by atoms with E-state index >= 15 is 0 Å². The van der Waals surface area contributed by atoms with Gasteiger partial charge < -0.3 is 0 Å². The second-order valence-electron chi connectivity index (χ2n) is 5.32. The van der Waals surface area contributed by atoms with Gasteiger partial charge in [0, 0.05) is 18.0 Å². The van der Waals surface area contributed by atoms with E-state index in [1.165, 1.54) is 23.5 Å². The number of thiazole rings is 1. The van der Waals surface area contributed by atoms with E-state index in [2.05, 4.69) is 16.2 Å². The maximum atomic E-state index is 13.2. The van der Waals surface area contributed by atoms with Gasteiger partial charge in [0.15, 0.2) is 0 Å². The molecular weight excluding hydrogens is 335 g/mol. The third-order valence-corrected chi connectivity index (χ3v) is 4.61. The van der Waals surface area contributed by atoms with Gasteiger partial charge in [-0.1, -0.05) is 12.1 Å². The fourth-order valence-electron chi connectivity index (χ4n) is 2.36. The second-order valence-corrected chi connectivity index (χ2v) is 6.16. The van der Waals surface area contributed by atoms with E-state index in [1.807, 2.05) is 24.4 Å². The van der Waals surface area contributed by atoms with Gasteiger partial charge in [-0.05, 0) is 48.9 Å². The molecule has 0 N–H and O–H groups in total. The number of hydrogen-bond acceptors (Lipinski definition) is 4. The Hall–Kier alpha value is -3.04. The van der Waals surface area contributed by atoms with Gasteiger partial charge >= 0.3 is 0 Å². The fraction of sp³-hybridized carbons (Fsp3) is 0.105. The maximum absolute atomic E-state index is 13.2. The van der Waals surface area contributed by atoms with Crippen LogP contribution in [-0.4, -0.2) is 17.4 Å². The molecule has 124 valence electrons. The van der Waals surface area contributed by atoms with Crippen LogP contribution >= 0.6 is 11.3 Å². The lowest BCUT2D eigenvalue weighted by Crippen LogP contribution is -2.13. The summed E-state index contributed by atoms with van der Waals surface area (Å²) >= 11 is 1.47. The molecule has 0 amide bonds. The number of benzene rings is 2. The van der Waals surface area contributed by atoms with Gasteiger partial charge in [0.25, 0.3) is 0 Å². The topological polar surface area (TPSA) is 53.4 Å². The average Bonchev–Trinajstić information content (AvgIpc) is 3.05. The molecule has 0 bridgehead atoms. The summed E-state index contributed by atoms with van der Waals surface area (Å²) < 4.78 is 14.9. The molecule has 2 aromatic carbocycles. The van der Waals surface area contributed by atoms with Crippen LogP contribution in [0.1, 0.15) is 18.1 Å². The first-order chi connectivity index (χ1) is 12.1. The summed E-state index contributed by atoms with van der Waals surface area (Å²) in [4.78, 5) is 5.01. The highest BCUT2D eigenvalue weighted by atomic mass is 32.1. The van der Waals surface area contributed by atoms with Crippen molar-refractivity contribution < 1.29 is 4.39 Å². The van der Waals surface area contributed by atoms with Gasteiger partial charge in [-0.2, -0.15) is 10.4 Å². The van der Waals surface area contributed by atoms with Crippen LogP contribution in [0.25, 0.3) is 11.3 Å². The normalized spacial score (nSPS) is 12.2. The summed E-state index contributed by atoms with van der Waals surface area (Å²) in [5, 5.41) is 15.5. The average molecular weight is 350 g/mol. The van der Waals surface area contributed by atoms with Crippen LogP contribution in [-0.2, 0) is 0 Å². The van der Waals surface area contributed by atoms with E-state index in [4.69, 9.17) is 5.26 Å². The van der Waals surface area contributed by atoms with Crippen molar-refractivity contribution in [2.24, 2.45) is 10.1 Å². The molecule has 0 atom stereocenters. The van der Waals surface area contributed by atoms with Gasteiger partial charge in [0.2, 0.25) is 4.80 Å². The molecule has 0 spiro atoms. The highest BCUT2D eigenvalue weighted by Gasteiger charge is 2.09. The lowest BCUT2D eigenvalue weighted by atomic mass is 10.1. The minimum atomic E-state index is -0.275. The first kappa shape index (κ1) is 16.8. The number of nitrogens with zero attached hydrogens (tertiary/aromatic N) is 4. The number of hydrogen-bond donors (Lipinski definition) is 0. The van der Waals surface area contributed by atoms with Crippen molar-refractivity contribution in [2.75, 3.05) is 7.05 Å². The van der Waals surface area contributed by atoms with E-state index in [1.54, 1.807) is 36.0 Å². The van der Waals surface area contributed by atoms with Crippen molar-refractivity contribution in [2.45, 2.75) is 6.92 Å². The number of aromatic nitrogens is 1. The second kappa shape index (κ2) is 7.24. The van der Waals surface area contributed by atoms with Crippen molar-refractivity contribution >= 4 is 17.0 Å². The standard InChI is InChI=1S/C19H15FN4S/c1-13(15-5-3-14(11-21)4-6-15)23-24-18(12-25-19(24)22-2)16-7-9-17(20)10-8-16/h3-10,12H,1-2H3. The Morgan fingerprint density at radius 3 is 2.40 bits per heavy atom. The Labute approximate surface area is 148 Å². The quantitative estimate of drug-likeness (QED) is 0.658. The first-order valence-corrected chi connectivity index (χ1v) is 8.46. The number of nitriles is 1. The monoisotopic (exact) mass is 350 g/mol. The number of halogens is 1. The van der Waals surface area contributed by atoms with Crippen LogP contribution < -0.4 is 4.80 Å². The molecule has 0 unspecified atom stereocenters. The molecule has 1 heterocycles. The summed E-state index contributed by atoms with van der Waals surface area (Å²) in [6, 6.07) is 15.7. The van der Waals surface area contributed by atoms with E-state index in [0.717, 1.165) is 27.3 Å². The predicted molar refractivity (Wildman–Crippen MR) is 98.0 cm³/mol. The van der Waals surface area contributed by atoms with Gasteiger partial charge in [-0.25, -0.2) is 9.07 Å². The zero-order valence-electron chi connectivity index (χ0n) is 13.8. The zero-order chi connectivity index (χ0) is 17.8. The minimum Gasteiger partial charge on any atom is -0.261 e. The van der Waals surface area contributed by atoms with Crippen molar-refractivity contribution in [3.05, 3.63) is 75.7 Å². The summed E-state index contributed by atoms with van der Waals surface area (Å²) in [6.45, 7) is 1.90. The summed E-state index contributed by atoms with van der Waals surface area (Å²) in [6.07, 6.45) is 0. The summed E-state index contributed by atoms with van der Waals surface area (Å²) in [5.41, 5.74) is 4.03. The molecule has 0 aliphatic rings. The Morgan fingerprint density at radius 1 is 1.12 bits per heavy atom. The van der Waals surface area contributed by atoms with E-state index < -0.39 is 0 Å². The van der Waals surface area contributed by atoms with E-state index in [0.29, 0.717) is 5.56 Å². The van der Waals surface area contributed by atoms with Crippen molar-refractivity contribution in [3.8, 4) is 17.3 Å². The molecule has 0 aliphatic heterocycles. The summed E-state index contributed by atoms with van der Waals surface area (Å²) in [5.74, 6) is -0.275. The third-order valence-electron chi connectivity index (χ3n) is 3.70. The third kappa shape index (κ3) is 3.57. The van der Waals surface area contributed by atoms with Crippen LogP contribution in [0.3, 0.4) is 0 Å². The highest BCUT2D eigenvalue weighted by Crippen LogP contribution is 2.21. The largest absolute Gasteiger partial charge is 0.261 e. The summed E-state index contributed by atoms with van der Waals surface area (Å²) in [7, 11) is 1.71. The van der Waals surface area contributed by atoms with Gasteiger partial charge in [0.05, 0.1) is 23.0 Å². The van der Waals surface area contributed by atoms with Crippen LogP contribution in [0.2, 0.25) is 0 Å². The molecule has 3 aromatic rings. The Bertz CT molecular complexity index is 1020. The molecule has 0 fully saturated rings. The van der Waals surface area contributed by atoms with Crippen molar-refractivity contribution in [1.29, 1.82) is 5.26 Å². The van der Waals surface area contributed by atoms with Gasteiger partial charge in [-0.15, -0.1) is 11.3 Å². The fourth-order valence-corrected chi connectivity index (χ4v) is 3.16. The van der Waals surface area contributed by atoms with Crippen molar-refractivity contribution in [3.63, 3.8) is 0 Å². The molecule has 0 saturated carbocycles. The Morgan fingerprint density at radius 2 is 1.80 bits per heavy atom. The highest BCUT2D eigenvalue weighted by molar-refractivity contribution is 7.07. The zero-order valence-corrected chi connectivity index (χ0v) is 14.6. The van der Waals surface area contributed by atoms with Crippen LogP contribution in [0.4, 0.5) is 4.39 Å². The SMILES string of the molecule is CN=c1scc(-c2ccc(F)cc2)n1N=C(C)c1ccc(C#N)cc1. The molecule has 25 heavy (non-hydrogen) atoms. The molecule has 0 aliphatic carbocycles. The molecule has 1 aromatic heterocycles. The molecule has 4 nitrogen and oxygen atoms in total. The predicted octanol–water partition coefficient (Wildman–Crippen LogP) is 4.03. The van der Waals surface area contributed by atoms with Gasteiger partial charge in [0.1, 0.15) is 5.82 Å². The maximum Gasteiger partial charge on any atom is 0.205 e. The van der Waals surface area contributed by atoms with Crippen LogP contribution in [0, 0.1) is 17.1 Å². The Balaban J connectivity index is 2.08. The first-order valence-electron chi connectivity index (χ1n) is 7.58. The Kier molecular flexibility index (Phi) is 4.87. The smallest absolute Gasteiger partial charge is 0.205 e. The van der Waals surface area contributed by atoms with Crippen molar-refractivity contribution in [1.82, 2.24) is 4.68 Å². The molecular formula is C19H15FN4S. The van der Waals surface area contributed by atoms with Crippen LogP contribution in [0.5, 0.6) is 0 Å². The van der Waals surface area contributed by atoms with Crippen LogP contribution in [0.15, 0.2) is 64.0 Å². The molecule has 0 saturated heterocycles. The lowest BCUT2D eigenvalue weighted by molar-refractivity contribution is 0.628. The lowest BCUT2D eigenvalue weighted by Gasteiger charge is -2.06. The van der Waals surface area contributed by atoms with E-state index in [-0.39, 0.29) is 5.82 Å². The van der Waals surface area contributed by atoms with Gasteiger partial charge in [-0.3, -0.25) is 4.99 Å².